The fourth-order valence-corrected chi connectivity index (χ4v) is 1.38. The Morgan fingerprint density at radius 1 is 1.33 bits per heavy atom. The zero-order chi connectivity index (χ0) is 9.61. The summed E-state index contributed by atoms with van der Waals surface area (Å²) in [5, 5.41) is 0. The van der Waals surface area contributed by atoms with Gasteiger partial charge in [-0.25, -0.2) is 4.57 Å². The summed E-state index contributed by atoms with van der Waals surface area (Å²) in [5.41, 5.74) is 0. The fraction of sp³-hybridized carbons (Fsp3) is 1.00. The molecular formula is C7H17O4P. The van der Waals surface area contributed by atoms with Crippen LogP contribution in [0.3, 0.4) is 0 Å². The summed E-state index contributed by atoms with van der Waals surface area (Å²) in [5.74, 6) is 0.511. The summed E-state index contributed by atoms with van der Waals surface area (Å²) < 4.78 is 14.6. The Kier molecular flexibility index (Phi) is 5.76. The van der Waals surface area contributed by atoms with Crippen LogP contribution in [0.4, 0.5) is 0 Å². The molecule has 0 aromatic carbocycles. The minimum Gasteiger partial charge on any atom is -0.303 e. The highest BCUT2D eigenvalue weighted by Gasteiger charge is 2.14. The first-order valence-corrected chi connectivity index (χ1v) is 5.72. The second kappa shape index (κ2) is 5.70. The van der Waals surface area contributed by atoms with Gasteiger partial charge >= 0.3 is 7.82 Å². The van der Waals surface area contributed by atoms with Gasteiger partial charge in [-0.05, 0) is 12.3 Å². The van der Waals surface area contributed by atoms with E-state index < -0.39 is 7.82 Å². The lowest BCUT2D eigenvalue weighted by atomic mass is 10.0. The van der Waals surface area contributed by atoms with Crippen molar-refractivity contribution in [2.75, 3.05) is 6.61 Å². The molecule has 0 heterocycles. The quantitative estimate of drug-likeness (QED) is 0.637. The van der Waals surface area contributed by atoms with Crippen molar-refractivity contribution in [3.05, 3.63) is 0 Å². The monoisotopic (exact) mass is 196 g/mol. The minimum atomic E-state index is -4.24. The molecule has 0 rings (SSSR count). The Morgan fingerprint density at radius 3 is 2.17 bits per heavy atom. The van der Waals surface area contributed by atoms with Crippen LogP contribution in [0.1, 0.15) is 33.1 Å². The van der Waals surface area contributed by atoms with Crippen molar-refractivity contribution < 1.29 is 18.9 Å². The Balaban J connectivity index is 3.48. The molecule has 4 nitrogen and oxygen atoms in total. The van der Waals surface area contributed by atoms with Crippen molar-refractivity contribution in [3.63, 3.8) is 0 Å². The third-order valence-corrected chi connectivity index (χ3v) is 2.46. The van der Waals surface area contributed by atoms with Crippen molar-refractivity contribution in [2.45, 2.75) is 33.1 Å². The number of hydrogen-bond acceptors (Lipinski definition) is 2. The van der Waals surface area contributed by atoms with Crippen LogP contribution in [-0.4, -0.2) is 16.4 Å². The molecule has 0 saturated heterocycles. The molecule has 0 atom stereocenters. The topological polar surface area (TPSA) is 66.8 Å². The van der Waals surface area contributed by atoms with Crippen LogP contribution < -0.4 is 0 Å². The maximum absolute atomic E-state index is 10.3. The number of phosphoric acid groups is 1. The Hall–Kier alpha value is 0.110. The van der Waals surface area contributed by atoms with Crippen LogP contribution in [0.5, 0.6) is 0 Å². The number of phosphoric ester groups is 1. The van der Waals surface area contributed by atoms with Gasteiger partial charge in [-0.3, -0.25) is 4.52 Å². The van der Waals surface area contributed by atoms with Gasteiger partial charge in [0.2, 0.25) is 0 Å². The van der Waals surface area contributed by atoms with Crippen molar-refractivity contribution in [1.29, 1.82) is 0 Å². The van der Waals surface area contributed by atoms with Gasteiger partial charge in [-0.1, -0.05) is 26.7 Å². The van der Waals surface area contributed by atoms with Gasteiger partial charge < -0.3 is 9.79 Å². The Morgan fingerprint density at radius 2 is 1.83 bits per heavy atom. The summed E-state index contributed by atoms with van der Waals surface area (Å²) in [6.45, 7) is 4.27. The summed E-state index contributed by atoms with van der Waals surface area (Å²) >= 11 is 0. The van der Waals surface area contributed by atoms with Gasteiger partial charge in [0.25, 0.3) is 0 Å². The van der Waals surface area contributed by atoms with Gasteiger partial charge in [0.05, 0.1) is 6.61 Å². The average Bonchev–Trinajstić information content (AvgIpc) is 1.96. The molecule has 0 aliphatic carbocycles. The zero-order valence-electron chi connectivity index (χ0n) is 7.56. The normalized spacial score (nSPS) is 12.4. The Bertz CT molecular complexity index is 149. The van der Waals surface area contributed by atoms with Crippen LogP contribution in [0.25, 0.3) is 0 Å². The van der Waals surface area contributed by atoms with Crippen molar-refractivity contribution in [3.8, 4) is 0 Å². The van der Waals surface area contributed by atoms with Crippen molar-refractivity contribution in [2.24, 2.45) is 5.92 Å². The molecule has 0 aromatic rings. The maximum atomic E-state index is 10.3. The molecule has 0 aromatic heterocycles. The predicted octanol–water partition coefficient (Wildman–Crippen LogP) is 1.92. The lowest BCUT2D eigenvalue weighted by molar-refractivity contribution is 0.182. The largest absolute Gasteiger partial charge is 0.469 e. The second-order valence-electron chi connectivity index (χ2n) is 2.79. The minimum absolute atomic E-state index is 0.149. The molecule has 0 unspecified atom stereocenters. The molecule has 0 aliphatic rings. The van der Waals surface area contributed by atoms with Gasteiger partial charge in [0.1, 0.15) is 0 Å². The number of rotatable bonds is 6. The van der Waals surface area contributed by atoms with E-state index in [9.17, 15) is 4.57 Å². The molecule has 12 heavy (non-hydrogen) atoms. The highest BCUT2D eigenvalue weighted by Crippen LogP contribution is 2.36. The molecular weight excluding hydrogens is 179 g/mol. The molecule has 0 radical (unpaired) electrons. The van der Waals surface area contributed by atoms with Crippen LogP contribution in [0.2, 0.25) is 0 Å². The first kappa shape index (κ1) is 12.1. The average molecular weight is 196 g/mol. The van der Waals surface area contributed by atoms with Crippen molar-refractivity contribution >= 4 is 7.82 Å². The molecule has 74 valence electrons. The van der Waals surface area contributed by atoms with E-state index in [0.29, 0.717) is 5.92 Å². The first-order valence-electron chi connectivity index (χ1n) is 4.19. The van der Waals surface area contributed by atoms with E-state index in [4.69, 9.17) is 9.79 Å². The standard InChI is InChI=1S/C7H17O4P/c1-3-7(4-2)5-6-11-12(8,9)10/h7H,3-6H2,1-2H3,(H2,8,9,10). The van der Waals surface area contributed by atoms with Crippen LogP contribution in [0, 0.1) is 5.92 Å². The smallest absolute Gasteiger partial charge is 0.303 e. The van der Waals surface area contributed by atoms with E-state index in [0.717, 1.165) is 19.3 Å². The number of hydrogen-bond donors (Lipinski definition) is 2. The van der Waals surface area contributed by atoms with E-state index in [2.05, 4.69) is 18.4 Å². The fourth-order valence-electron chi connectivity index (χ4n) is 1.04. The van der Waals surface area contributed by atoms with E-state index in [-0.39, 0.29) is 6.61 Å². The first-order chi connectivity index (χ1) is 5.49. The van der Waals surface area contributed by atoms with Crippen LogP contribution in [-0.2, 0) is 9.09 Å². The zero-order valence-corrected chi connectivity index (χ0v) is 8.46. The maximum Gasteiger partial charge on any atom is 0.469 e. The van der Waals surface area contributed by atoms with Gasteiger partial charge in [-0.15, -0.1) is 0 Å². The second-order valence-corrected chi connectivity index (χ2v) is 4.03. The predicted molar refractivity (Wildman–Crippen MR) is 46.7 cm³/mol. The van der Waals surface area contributed by atoms with E-state index >= 15 is 0 Å². The molecule has 5 heteroatoms. The molecule has 0 fully saturated rings. The van der Waals surface area contributed by atoms with Gasteiger partial charge in [-0.2, -0.15) is 0 Å². The lowest BCUT2D eigenvalue weighted by Gasteiger charge is -2.11. The third kappa shape index (κ3) is 6.80. The van der Waals surface area contributed by atoms with Crippen molar-refractivity contribution in [1.82, 2.24) is 0 Å². The third-order valence-electron chi connectivity index (χ3n) is 1.94. The van der Waals surface area contributed by atoms with E-state index in [1.165, 1.54) is 0 Å². The van der Waals surface area contributed by atoms with Gasteiger partial charge in [0, 0.05) is 0 Å². The van der Waals surface area contributed by atoms with Crippen LogP contribution >= 0.6 is 7.82 Å². The summed E-state index contributed by atoms with van der Waals surface area (Å²) in [7, 11) is -4.24. The molecule has 0 aliphatic heterocycles. The summed E-state index contributed by atoms with van der Waals surface area (Å²) in [6, 6.07) is 0. The molecule has 0 amide bonds. The van der Waals surface area contributed by atoms with E-state index in [1.54, 1.807) is 0 Å². The molecule has 2 N–H and O–H groups in total. The summed E-state index contributed by atoms with van der Waals surface area (Å²) in [6.07, 6.45) is 2.78. The molecule has 0 spiro atoms. The SMILES string of the molecule is CCC(CC)CCOP(=O)(O)O. The molecule has 0 bridgehead atoms. The summed E-state index contributed by atoms with van der Waals surface area (Å²) in [4.78, 5) is 16.7. The van der Waals surface area contributed by atoms with E-state index in [1.807, 2.05) is 0 Å². The van der Waals surface area contributed by atoms with Gasteiger partial charge in [0.15, 0.2) is 0 Å². The highest BCUT2D eigenvalue weighted by molar-refractivity contribution is 7.46. The highest BCUT2D eigenvalue weighted by atomic mass is 31.2. The van der Waals surface area contributed by atoms with Crippen LogP contribution in [0.15, 0.2) is 0 Å². The molecule has 0 saturated carbocycles. The Labute approximate surface area is 73.2 Å². The lowest BCUT2D eigenvalue weighted by Crippen LogP contribution is -2.02.